The van der Waals surface area contributed by atoms with Crippen molar-refractivity contribution >= 4 is 98.0 Å². The molecule has 11 aromatic carbocycles. The van der Waals surface area contributed by atoms with Gasteiger partial charge in [0.1, 0.15) is 22.3 Å². The van der Waals surface area contributed by atoms with Gasteiger partial charge in [-0.15, -0.1) is 0 Å². The molecule has 0 aliphatic heterocycles. The van der Waals surface area contributed by atoms with Gasteiger partial charge in [0, 0.05) is 48.8 Å². The van der Waals surface area contributed by atoms with Crippen LogP contribution >= 0.6 is 0 Å². The Bertz CT molecular complexity index is 4600. The van der Waals surface area contributed by atoms with Crippen LogP contribution in [0.15, 0.2) is 227 Å². The molecule has 0 aliphatic rings. The number of rotatable bonds is 5. The lowest BCUT2D eigenvalue weighted by Crippen LogP contribution is -2.03. The minimum Gasteiger partial charge on any atom is -0.456 e. The first-order valence-corrected chi connectivity index (χ1v) is 23.3. The second kappa shape index (κ2) is 14.6. The molecule has 0 radical (unpaired) electrons. The smallest absolute Gasteiger partial charge is 0.168 e. The maximum Gasteiger partial charge on any atom is 0.168 e. The molecule has 0 fully saturated rings. The van der Waals surface area contributed by atoms with E-state index < -0.39 is 0 Å². The van der Waals surface area contributed by atoms with Crippen LogP contribution in [0.3, 0.4) is 0 Å². The standard InChI is InChI=1S/C63H36N4O2/c1-2-14-37(15-3-1)38-26-28-40(29-27-38)61-64-62(43-31-33-55-51(35-43)45-20-10-12-24-53(45)68-55)66-63(65-61)57-46-21-8-9-22-47(46)59(56-49-23-11-13-25-54(49)69-60(56)57)67-52-36-42-18-5-4-17-41(42)34-50(52)48-32-30-39-16-6-7-19-44(39)58(48)67/h1-36H. The molecule has 15 rings (SSSR count). The summed E-state index contributed by atoms with van der Waals surface area (Å²) in [6.07, 6.45) is 0. The average Bonchev–Trinajstić information content (AvgIpc) is 4.09. The Labute approximate surface area is 394 Å². The second-order valence-corrected chi connectivity index (χ2v) is 17.9. The van der Waals surface area contributed by atoms with E-state index in [0.717, 1.165) is 93.6 Å². The van der Waals surface area contributed by atoms with E-state index in [0.29, 0.717) is 23.1 Å². The van der Waals surface area contributed by atoms with Crippen LogP contribution in [0.1, 0.15) is 0 Å². The molecule has 6 nitrogen and oxygen atoms in total. The number of benzene rings is 11. The minimum absolute atomic E-state index is 0.518. The van der Waals surface area contributed by atoms with Gasteiger partial charge in [0.2, 0.25) is 0 Å². The molecule has 0 unspecified atom stereocenters. The first-order valence-electron chi connectivity index (χ1n) is 23.3. The van der Waals surface area contributed by atoms with Crippen molar-refractivity contribution in [2.24, 2.45) is 0 Å². The second-order valence-electron chi connectivity index (χ2n) is 17.9. The molecule has 0 bridgehead atoms. The maximum absolute atomic E-state index is 7.19. The molecule has 69 heavy (non-hydrogen) atoms. The van der Waals surface area contributed by atoms with Crippen LogP contribution in [0.4, 0.5) is 0 Å². The zero-order valence-corrected chi connectivity index (χ0v) is 36.9. The van der Waals surface area contributed by atoms with Crippen LogP contribution in [0, 0.1) is 0 Å². The quantitative estimate of drug-likeness (QED) is 0.172. The first-order chi connectivity index (χ1) is 34.2. The fraction of sp³-hybridized carbons (Fsp3) is 0. The number of hydrogen-bond donors (Lipinski definition) is 0. The van der Waals surface area contributed by atoms with Gasteiger partial charge in [-0.05, 0) is 75.1 Å². The van der Waals surface area contributed by atoms with Crippen LogP contribution in [0.25, 0.3) is 149 Å². The molecule has 0 saturated carbocycles. The summed E-state index contributed by atoms with van der Waals surface area (Å²) in [5.74, 6) is 1.63. The summed E-state index contributed by atoms with van der Waals surface area (Å²) in [4.78, 5) is 16.2. The van der Waals surface area contributed by atoms with E-state index in [-0.39, 0.29) is 0 Å². The van der Waals surface area contributed by atoms with Crippen molar-refractivity contribution in [1.82, 2.24) is 19.5 Å². The van der Waals surface area contributed by atoms with Gasteiger partial charge in [0.05, 0.1) is 27.7 Å². The molecular formula is C63H36N4O2. The Balaban J connectivity index is 1.06. The van der Waals surface area contributed by atoms with E-state index >= 15 is 0 Å². The Morgan fingerprint density at radius 3 is 1.68 bits per heavy atom. The van der Waals surface area contributed by atoms with Crippen LogP contribution in [-0.4, -0.2) is 19.5 Å². The molecule has 4 aromatic heterocycles. The summed E-state index contributed by atoms with van der Waals surface area (Å²) >= 11 is 0. The van der Waals surface area contributed by atoms with Gasteiger partial charge < -0.3 is 13.4 Å². The normalized spacial score (nSPS) is 12.1. The van der Waals surface area contributed by atoms with Crippen molar-refractivity contribution < 1.29 is 8.83 Å². The van der Waals surface area contributed by atoms with Gasteiger partial charge in [0.15, 0.2) is 17.5 Å². The van der Waals surface area contributed by atoms with E-state index in [1.54, 1.807) is 0 Å². The fourth-order valence-electron chi connectivity index (χ4n) is 10.8. The third-order valence-electron chi connectivity index (χ3n) is 14.0. The number of para-hydroxylation sites is 2. The number of fused-ring (bicyclic) bond motifs is 13. The summed E-state index contributed by atoms with van der Waals surface area (Å²) in [5.41, 5.74) is 11.2. The molecule has 0 spiro atoms. The summed E-state index contributed by atoms with van der Waals surface area (Å²) in [6.45, 7) is 0. The Morgan fingerprint density at radius 2 is 0.884 bits per heavy atom. The Hall–Kier alpha value is -9.39. The lowest BCUT2D eigenvalue weighted by atomic mass is 9.96. The number of nitrogens with zero attached hydrogens (tertiary/aromatic N) is 4. The third kappa shape index (κ3) is 5.69. The Morgan fingerprint density at radius 1 is 0.319 bits per heavy atom. The molecule has 6 heteroatoms. The molecule has 4 heterocycles. The van der Waals surface area contributed by atoms with Gasteiger partial charge in [-0.1, -0.05) is 176 Å². The number of aromatic nitrogens is 4. The zero-order valence-electron chi connectivity index (χ0n) is 36.9. The maximum atomic E-state index is 7.19. The van der Waals surface area contributed by atoms with Crippen molar-refractivity contribution in [3.05, 3.63) is 218 Å². The topological polar surface area (TPSA) is 69.9 Å². The van der Waals surface area contributed by atoms with Gasteiger partial charge in [-0.2, -0.15) is 0 Å². The zero-order chi connectivity index (χ0) is 45.2. The number of furan rings is 2. The summed E-state index contributed by atoms with van der Waals surface area (Å²) in [5, 5.41) is 13.2. The van der Waals surface area contributed by atoms with Crippen LogP contribution in [-0.2, 0) is 0 Å². The molecule has 0 N–H and O–H groups in total. The van der Waals surface area contributed by atoms with Gasteiger partial charge >= 0.3 is 0 Å². The largest absolute Gasteiger partial charge is 0.456 e. The highest BCUT2D eigenvalue weighted by atomic mass is 16.3. The molecule has 320 valence electrons. The first kappa shape index (κ1) is 37.8. The van der Waals surface area contributed by atoms with Crippen molar-refractivity contribution in [3.8, 4) is 51.0 Å². The van der Waals surface area contributed by atoms with E-state index in [2.05, 4.69) is 180 Å². The molecule has 0 saturated heterocycles. The number of hydrogen-bond acceptors (Lipinski definition) is 5. The van der Waals surface area contributed by atoms with E-state index in [4.69, 9.17) is 23.8 Å². The lowest BCUT2D eigenvalue weighted by molar-refractivity contribution is 0.669. The highest BCUT2D eigenvalue weighted by Gasteiger charge is 2.28. The Kier molecular flexibility index (Phi) is 7.97. The molecule has 0 amide bonds. The predicted octanol–water partition coefficient (Wildman–Crippen LogP) is 16.9. The van der Waals surface area contributed by atoms with Crippen molar-refractivity contribution in [2.75, 3.05) is 0 Å². The van der Waals surface area contributed by atoms with Crippen molar-refractivity contribution in [1.29, 1.82) is 0 Å². The predicted molar refractivity (Wildman–Crippen MR) is 283 cm³/mol. The van der Waals surface area contributed by atoms with Gasteiger partial charge in [0.25, 0.3) is 0 Å². The van der Waals surface area contributed by atoms with Gasteiger partial charge in [-0.25, -0.2) is 15.0 Å². The SMILES string of the molecule is c1ccc(-c2ccc(-c3nc(-c4ccc5oc6ccccc6c5c4)nc(-c4c5ccccc5c(-n5c6cc7ccccc7cc6c6ccc7ccccc7c65)c5c4oc4ccccc45)n3)cc2)cc1. The molecule has 0 atom stereocenters. The monoisotopic (exact) mass is 880 g/mol. The van der Waals surface area contributed by atoms with Crippen molar-refractivity contribution in [2.45, 2.75) is 0 Å². The van der Waals surface area contributed by atoms with Crippen LogP contribution in [0.2, 0.25) is 0 Å². The van der Waals surface area contributed by atoms with E-state index in [9.17, 15) is 0 Å². The third-order valence-corrected chi connectivity index (χ3v) is 14.0. The average molecular weight is 881 g/mol. The van der Waals surface area contributed by atoms with Crippen LogP contribution < -0.4 is 0 Å². The highest BCUT2D eigenvalue weighted by Crippen LogP contribution is 2.49. The van der Waals surface area contributed by atoms with Crippen LogP contribution in [0.5, 0.6) is 0 Å². The van der Waals surface area contributed by atoms with Crippen molar-refractivity contribution in [3.63, 3.8) is 0 Å². The summed E-state index contributed by atoms with van der Waals surface area (Å²) in [7, 11) is 0. The molecule has 15 aromatic rings. The molecule has 0 aliphatic carbocycles. The highest BCUT2D eigenvalue weighted by molar-refractivity contribution is 6.27. The van der Waals surface area contributed by atoms with Gasteiger partial charge in [-0.3, -0.25) is 0 Å². The summed E-state index contributed by atoms with van der Waals surface area (Å²) < 4.78 is 16.0. The fourth-order valence-corrected chi connectivity index (χ4v) is 10.8. The minimum atomic E-state index is 0.518. The lowest BCUT2D eigenvalue weighted by Gasteiger charge is -2.18. The van der Waals surface area contributed by atoms with E-state index in [1.165, 1.54) is 32.3 Å². The molecular weight excluding hydrogens is 845 g/mol. The van der Waals surface area contributed by atoms with E-state index in [1.807, 2.05) is 42.5 Å². The summed E-state index contributed by atoms with van der Waals surface area (Å²) in [6, 6.07) is 76.8.